The van der Waals surface area contributed by atoms with E-state index in [4.69, 9.17) is 0 Å². The Morgan fingerprint density at radius 2 is 1.67 bits per heavy atom. The average Bonchev–Trinajstić information content (AvgIpc) is 2.71. The summed E-state index contributed by atoms with van der Waals surface area (Å²) in [5.41, 5.74) is 0.907. The molecule has 1 fully saturated rings. The highest BCUT2D eigenvalue weighted by Crippen LogP contribution is 2.26. The maximum atomic E-state index is 12.0. The van der Waals surface area contributed by atoms with Gasteiger partial charge in [0.05, 0.1) is 11.0 Å². The van der Waals surface area contributed by atoms with Gasteiger partial charge in [-0.15, -0.1) is 0 Å². The molecule has 0 heterocycles. The Morgan fingerprint density at radius 3 is 2.27 bits per heavy atom. The van der Waals surface area contributed by atoms with Gasteiger partial charge in [0.15, 0.2) is 9.84 Å². The fraction of sp³-hybridized carbons (Fsp3) is 0.500. The van der Waals surface area contributed by atoms with Crippen molar-refractivity contribution < 1.29 is 8.42 Å². The highest BCUT2D eigenvalue weighted by Gasteiger charge is 2.28. The van der Waals surface area contributed by atoms with Gasteiger partial charge >= 0.3 is 0 Å². The smallest absolute Gasteiger partial charge is 0.157 e. The quantitative estimate of drug-likeness (QED) is 0.790. The van der Waals surface area contributed by atoms with Crippen LogP contribution in [-0.2, 0) is 15.6 Å². The molecule has 1 saturated carbocycles. The van der Waals surface area contributed by atoms with Gasteiger partial charge in [-0.25, -0.2) is 8.42 Å². The minimum Gasteiger partial charge on any atom is -0.228 e. The molecular formula is C12H16O2S. The van der Waals surface area contributed by atoms with E-state index in [1.165, 1.54) is 0 Å². The highest BCUT2D eigenvalue weighted by atomic mass is 32.2. The molecule has 0 unspecified atom stereocenters. The van der Waals surface area contributed by atoms with Crippen LogP contribution < -0.4 is 0 Å². The summed E-state index contributed by atoms with van der Waals surface area (Å²) in [6.07, 6.45) is 3.85. The predicted octanol–water partition coefficient (Wildman–Crippen LogP) is 2.54. The van der Waals surface area contributed by atoms with Crippen LogP contribution in [0.3, 0.4) is 0 Å². The second kappa shape index (κ2) is 4.35. The van der Waals surface area contributed by atoms with Gasteiger partial charge in [-0.2, -0.15) is 0 Å². The van der Waals surface area contributed by atoms with Crippen LogP contribution >= 0.6 is 0 Å². The molecule has 0 spiro atoms. The number of rotatable bonds is 3. The van der Waals surface area contributed by atoms with E-state index in [1.807, 2.05) is 30.3 Å². The minimum atomic E-state index is -2.91. The summed E-state index contributed by atoms with van der Waals surface area (Å²) in [6.45, 7) is 0. The number of hydrogen-bond acceptors (Lipinski definition) is 2. The first-order valence-electron chi connectivity index (χ1n) is 5.44. The third-order valence-electron chi connectivity index (χ3n) is 3.02. The van der Waals surface area contributed by atoms with Crippen LogP contribution in [0.15, 0.2) is 30.3 Å². The van der Waals surface area contributed by atoms with Gasteiger partial charge in [0.1, 0.15) is 0 Å². The summed E-state index contributed by atoms with van der Waals surface area (Å²) in [4.78, 5) is 0. The molecule has 1 aromatic carbocycles. The van der Waals surface area contributed by atoms with Crippen molar-refractivity contribution in [3.63, 3.8) is 0 Å². The molecule has 0 aromatic heterocycles. The predicted molar refractivity (Wildman–Crippen MR) is 61.3 cm³/mol. The van der Waals surface area contributed by atoms with Gasteiger partial charge in [-0.3, -0.25) is 0 Å². The minimum absolute atomic E-state index is 0.0855. The van der Waals surface area contributed by atoms with E-state index in [1.54, 1.807) is 0 Å². The zero-order chi connectivity index (χ0) is 10.7. The molecule has 0 atom stereocenters. The molecule has 0 saturated heterocycles. The SMILES string of the molecule is O=S(=O)(Cc1ccccc1)C1CCCC1. The van der Waals surface area contributed by atoms with E-state index in [2.05, 4.69) is 0 Å². The summed E-state index contributed by atoms with van der Waals surface area (Å²) in [5.74, 6) is 0.207. The van der Waals surface area contributed by atoms with Crippen molar-refractivity contribution >= 4 is 9.84 Å². The third kappa shape index (κ3) is 2.59. The van der Waals surface area contributed by atoms with Crippen LogP contribution in [0.1, 0.15) is 31.2 Å². The molecule has 2 rings (SSSR count). The summed E-state index contributed by atoms with van der Waals surface area (Å²) in [7, 11) is -2.91. The van der Waals surface area contributed by atoms with Crippen molar-refractivity contribution in [1.29, 1.82) is 0 Å². The molecule has 2 nitrogen and oxygen atoms in total. The summed E-state index contributed by atoms with van der Waals surface area (Å²) in [5, 5.41) is -0.0855. The Balaban J connectivity index is 2.11. The fourth-order valence-electron chi connectivity index (χ4n) is 2.17. The molecule has 82 valence electrons. The number of benzene rings is 1. The van der Waals surface area contributed by atoms with Gasteiger partial charge in [0, 0.05) is 0 Å². The molecule has 0 N–H and O–H groups in total. The largest absolute Gasteiger partial charge is 0.228 e. The van der Waals surface area contributed by atoms with Crippen LogP contribution in [-0.4, -0.2) is 13.7 Å². The van der Waals surface area contributed by atoms with Crippen LogP contribution in [0.25, 0.3) is 0 Å². The van der Waals surface area contributed by atoms with E-state index < -0.39 is 9.84 Å². The van der Waals surface area contributed by atoms with E-state index in [0.29, 0.717) is 0 Å². The van der Waals surface area contributed by atoms with Crippen molar-refractivity contribution in [1.82, 2.24) is 0 Å². The molecule has 1 aliphatic rings. The Kier molecular flexibility index (Phi) is 3.10. The molecule has 0 aliphatic heterocycles. The molecule has 0 bridgehead atoms. The Hall–Kier alpha value is -0.830. The zero-order valence-electron chi connectivity index (χ0n) is 8.72. The summed E-state index contributed by atoms with van der Waals surface area (Å²) in [6, 6.07) is 9.45. The monoisotopic (exact) mass is 224 g/mol. The second-order valence-electron chi connectivity index (χ2n) is 4.20. The van der Waals surface area contributed by atoms with E-state index in [9.17, 15) is 8.42 Å². The first-order chi connectivity index (χ1) is 7.18. The Morgan fingerprint density at radius 1 is 1.07 bits per heavy atom. The van der Waals surface area contributed by atoms with E-state index >= 15 is 0 Å². The van der Waals surface area contributed by atoms with Crippen molar-refractivity contribution in [2.45, 2.75) is 36.7 Å². The summed E-state index contributed by atoms with van der Waals surface area (Å²) >= 11 is 0. The zero-order valence-corrected chi connectivity index (χ0v) is 9.54. The molecule has 0 radical (unpaired) electrons. The van der Waals surface area contributed by atoms with Gasteiger partial charge in [0.25, 0.3) is 0 Å². The van der Waals surface area contributed by atoms with Gasteiger partial charge in [-0.1, -0.05) is 43.2 Å². The fourth-order valence-corrected chi connectivity index (χ4v) is 4.12. The number of hydrogen-bond donors (Lipinski definition) is 0. The molecular weight excluding hydrogens is 208 g/mol. The standard InChI is InChI=1S/C12H16O2S/c13-15(14,12-8-4-5-9-12)10-11-6-2-1-3-7-11/h1-3,6-7,12H,4-5,8-10H2. The Labute approximate surface area is 91.2 Å². The lowest BCUT2D eigenvalue weighted by Gasteiger charge is -2.10. The Bertz CT molecular complexity index is 403. The molecule has 0 amide bonds. The van der Waals surface area contributed by atoms with E-state index in [-0.39, 0.29) is 11.0 Å². The van der Waals surface area contributed by atoms with Crippen molar-refractivity contribution in [3.05, 3.63) is 35.9 Å². The molecule has 3 heteroatoms. The maximum absolute atomic E-state index is 12.0. The van der Waals surface area contributed by atoms with Crippen molar-refractivity contribution in [2.24, 2.45) is 0 Å². The maximum Gasteiger partial charge on any atom is 0.157 e. The first kappa shape index (κ1) is 10.7. The second-order valence-corrected chi connectivity index (χ2v) is 6.48. The normalized spacial score (nSPS) is 18.1. The van der Waals surface area contributed by atoms with Gasteiger partial charge in [0.2, 0.25) is 0 Å². The first-order valence-corrected chi connectivity index (χ1v) is 7.15. The lowest BCUT2D eigenvalue weighted by molar-refractivity contribution is 0.579. The van der Waals surface area contributed by atoms with Crippen LogP contribution in [0.5, 0.6) is 0 Å². The van der Waals surface area contributed by atoms with Gasteiger partial charge < -0.3 is 0 Å². The molecule has 15 heavy (non-hydrogen) atoms. The lowest BCUT2D eigenvalue weighted by Crippen LogP contribution is -2.19. The average molecular weight is 224 g/mol. The van der Waals surface area contributed by atoms with E-state index in [0.717, 1.165) is 31.2 Å². The highest BCUT2D eigenvalue weighted by molar-refractivity contribution is 7.91. The topological polar surface area (TPSA) is 34.1 Å². The molecule has 1 aliphatic carbocycles. The van der Waals surface area contributed by atoms with Crippen LogP contribution in [0, 0.1) is 0 Å². The molecule has 1 aromatic rings. The third-order valence-corrected chi connectivity index (χ3v) is 5.24. The van der Waals surface area contributed by atoms with Crippen molar-refractivity contribution in [2.75, 3.05) is 0 Å². The summed E-state index contributed by atoms with van der Waals surface area (Å²) < 4.78 is 24.0. The van der Waals surface area contributed by atoms with Crippen LogP contribution in [0.2, 0.25) is 0 Å². The number of sulfone groups is 1. The van der Waals surface area contributed by atoms with Gasteiger partial charge in [-0.05, 0) is 18.4 Å². The van der Waals surface area contributed by atoms with Crippen LogP contribution in [0.4, 0.5) is 0 Å². The van der Waals surface area contributed by atoms with Crippen molar-refractivity contribution in [3.8, 4) is 0 Å². The lowest BCUT2D eigenvalue weighted by atomic mass is 10.2.